The number of fused-ring (bicyclic) bond motifs is 1. The zero-order valence-electron chi connectivity index (χ0n) is 11.7. The van der Waals surface area contributed by atoms with Crippen LogP contribution in [-0.2, 0) is 0 Å². The summed E-state index contributed by atoms with van der Waals surface area (Å²) in [4.78, 5) is 0. The smallest absolute Gasteiger partial charge is 0.187 e. The maximum Gasteiger partial charge on any atom is 0.187 e. The molecule has 2 N–H and O–H groups in total. The van der Waals surface area contributed by atoms with Crippen molar-refractivity contribution in [3.05, 3.63) is 11.6 Å². The normalized spacial score (nSPS) is 28.8. The van der Waals surface area contributed by atoms with E-state index in [4.69, 9.17) is 12.2 Å². The van der Waals surface area contributed by atoms with Gasteiger partial charge in [-0.25, -0.2) is 0 Å². The van der Waals surface area contributed by atoms with E-state index in [1.54, 1.807) is 0 Å². The third-order valence-corrected chi connectivity index (χ3v) is 4.52. The van der Waals surface area contributed by atoms with Gasteiger partial charge in [-0.3, -0.25) is 5.43 Å². The Morgan fingerprint density at radius 3 is 2.83 bits per heavy atom. The first-order valence-electron chi connectivity index (χ1n) is 6.71. The Morgan fingerprint density at radius 2 is 2.28 bits per heavy atom. The summed E-state index contributed by atoms with van der Waals surface area (Å²) in [5, 5.41) is 7.93. The number of hydrazone groups is 1. The van der Waals surface area contributed by atoms with Crippen LogP contribution in [0.1, 0.15) is 40.5 Å². The second-order valence-electron chi connectivity index (χ2n) is 6.24. The van der Waals surface area contributed by atoms with Crippen LogP contribution in [0.4, 0.5) is 0 Å². The molecule has 0 aliphatic heterocycles. The molecule has 0 saturated heterocycles. The Labute approximate surface area is 115 Å². The third kappa shape index (κ3) is 2.58. The molecule has 0 aromatic carbocycles. The minimum atomic E-state index is 0.334. The molecule has 3 rings (SSSR count). The number of hydrogen-bond acceptors (Lipinski definition) is 2. The highest BCUT2D eigenvalue weighted by Crippen LogP contribution is 2.58. The molecule has 2 atom stereocenters. The predicted molar refractivity (Wildman–Crippen MR) is 80.6 cm³/mol. The highest BCUT2D eigenvalue weighted by atomic mass is 32.1. The van der Waals surface area contributed by atoms with Crippen LogP contribution in [0.3, 0.4) is 0 Å². The number of allylic oxidation sites excluding steroid dienone is 2. The standard InChI is InChI=1S/C14H23N3S/c1-9(2)16-13(18)17-15-8-10-5-6-11-7-12(10)14(11,3)4/h5,8-9,11-12H,6-7H2,1-4H3,(H2,16,17,18)/b15-8-/t11-,12-/m1/s1. The van der Waals surface area contributed by atoms with Crippen LogP contribution >= 0.6 is 12.2 Å². The summed E-state index contributed by atoms with van der Waals surface area (Å²) in [6.45, 7) is 8.84. The number of thiocarbonyl (C=S) groups is 1. The Morgan fingerprint density at radius 1 is 1.56 bits per heavy atom. The molecule has 3 aliphatic rings. The summed E-state index contributed by atoms with van der Waals surface area (Å²) in [5.41, 5.74) is 4.69. The minimum Gasteiger partial charge on any atom is -0.359 e. The van der Waals surface area contributed by atoms with Gasteiger partial charge in [-0.2, -0.15) is 5.10 Å². The molecular formula is C14H23N3S. The van der Waals surface area contributed by atoms with Gasteiger partial charge in [-0.15, -0.1) is 0 Å². The van der Waals surface area contributed by atoms with Crippen molar-refractivity contribution in [2.45, 2.75) is 46.6 Å². The van der Waals surface area contributed by atoms with Gasteiger partial charge in [0.2, 0.25) is 0 Å². The Bertz CT molecular complexity index is 396. The van der Waals surface area contributed by atoms with E-state index < -0.39 is 0 Å². The van der Waals surface area contributed by atoms with Crippen LogP contribution in [0.15, 0.2) is 16.8 Å². The van der Waals surface area contributed by atoms with Crippen molar-refractivity contribution in [2.24, 2.45) is 22.4 Å². The molecule has 100 valence electrons. The molecule has 1 saturated carbocycles. The van der Waals surface area contributed by atoms with Gasteiger partial charge in [-0.05, 0) is 61.7 Å². The zero-order valence-corrected chi connectivity index (χ0v) is 12.5. The Balaban J connectivity index is 1.87. The summed E-state index contributed by atoms with van der Waals surface area (Å²) >= 11 is 5.13. The van der Waals surface area contributed by atoms with Crippen LogP contribution in [0.5, 0.6) is 0 Å². The van der Waals surface area contributed by atoms with Gasteiger partial charge >= 0.3 is 0 Å². The van der Waals surface area contributed by atoms with Gasteiger partial charge in [0.1, 0.15) is 0 Å². The summed E-state index contributed by atoms with van der Waals surface area (Å²) in [5.74, 6) is 1.55. The van der Waals surface area contributed by atoms with Gasteiger partial charge in [0, 0.05) is 6.04 Å². The van der Waals surface area contributed by atoms with Gasteiger partial charge in [0.15, 0.2) is 5.11 Å². The SMILES string of the molecule is CC(C)NC(=S)N/N=C\C1=CC[C@@H]2C[C@H]1C2(C)C. The minimum absolute atomic E-state index is 0.334. The number of hydrogen-bond donors (Lipinski definition) is 2. The highest BCUT2D eigenvalue weighted by Gasteiger charge is 2.50. The lowest BCUT2D eigenvalue weighted by molar-refractivity contribution is -0.00126. The van der Waals surface area contributed by atoms with E-state index in [0.717, 1.165) is 5.92 Å². The van der Waals surface area contributed by atoms with Crippen LogP contribution in [0.2, 0.25) is 0 Å². The molecule has 4 heteroatoms. The van der Waals surface area contributed by atoms with E-state index in [1.807, 2.05) is 6.21 Å². The van der Waals surface area contributed by atoms with Crippen molar-refractivity contribution < 1.29 is 0 Å². The molecule has 0 radical (unpaired) electrons. The molecule has 0 spiro atoms. The maximum atomic E-state index is 5.13. The van der Waals surface area contributed by atoms with Gasteiger partial charge < -0.3 is 5.32 Å². The molecule has 2 bridgehead atoms. The molecule has 0 amide bonds. The lowest BCUT2D eigenvalue weighted by Gasteiger charge is -2.55. The van der Waals surface area contributed by atoms with Crippen LogP contribution < -0.4 is 10.7 Å². The van der Waals surface area contributed by atoms with Gasteiger partial charge in [-0.1, -0.05) is 19.9 Å². The summed E-state index contributed by atoms with van der Waals surface area (Å²) in [6, 6.07) is 0.334. The van der Waals surface area contributed by atoms with Crippen molar-refractivity contribution in [3.63, 3.8) is 0 Å². The molecular weight excluding hydrogens is 242 g/mol. The molecule has 1 fully saturated rings. The lowest BCUT2D eigenvalue weighted by Crippen LogP contribution is -2.48. The topological polar surface area (TPSA) is 36.4 Å². The van der Waals surface area contributed by atoms with E-state index in [0.29, 0.717) is 22.5 Å². The van der Waals surface area contributed by atoms with E-state index in [-0.39, 0.29) is 0 Å². The van der Waals surface area contributed by atoms with E-state index in [9.17, 15) is 0 Å². The van der Waals surface area contributed by atoms with E-state index >= 15 is 0 Å². The second kappa shape index (κ2) is 5.00. The Hall–Kier alpha value is -0.900. The maximum absolute atomic E-state index is 5.13. The predicted octanol–water partition coefficient (Wildman–Crippen LogP) is 2.84. The summed E-state index contributed by atoms with van der Waals surface area (Å²) in [6.07, 6.45) is 6.78. The number of nitrogens with zero attached hydrogens (tertiary/aromatic N) is 1. The van der Waals surface area contributed by atoms with Gasteiger partial charge in [0.05, 0.1) is 6.21 Å². The number of nitrogens with one attached hydrogen (secondary N) is 2. The number of rotatable bonds is 3. The third-order valence-electron chi connectivity index (χ3n) is 4.31. The first-order valence-corrected chi connectivity index (χ1v) is 7.11. The highest BCUT2D eigenvalue weighted by molar-refractivity contribution is 7.80. The fourth-order valence-corrected chi connectivity index (χ4v) is 3.29. The summed E-state index contributed by atoms with van der Waals surface area (Å²) < 4.78 is 0. The molecule has 3 nitrogen and oxygen atoms in total. The lowest BCUT2D eigenvalue weighted by atomic mass is 9.49. The molecule has 0 unspecified atom stereocenters. The van der Waals surface area contributed by atoms with Crippen LogP contribution in [-0.4, -0.2) is 17.4 Å². The average Bonchev–Trinajstić information content (AvgIpc) is 2.28. The first kappa shape index (κ1) is 13.5. The molecule has 18 heavy (non-hydrogen) atoms. The van der Waals surface area contributed by atoms with Crippen LogP contribution in [0, 0.1) is 17.3 Å². The molecule has 0 aromatic heterocycles. The quantitative estimate of drug-likeness (QED) is 0.468. The van der Waals surface area contributed by atoms with Crippen LogP contribution in [0.25, 0.3) is 0 Å². The van der Waals surface area contributed by atoms with E-state index in [1.165, 1.54) is 18.4 Å². The molecule has 0 aromatic rings. The first-order chi connectivity index (χ1) is 8.41. The Kier molecular flexibility index (Phi) is 3.76. The fourth-order valence-electron chi connectivity index (χ4n) is 3.00. The zero-order chi connectivity index (χ0) is 13.3. The van der Waals surface area contributed by atoms with E-state index in [2.05, 4.69) is 49.6 Å². The monoisotopic (exact) mass is 265 g/mol. The van der Waals surface area contributed by atoms with Crippen molar-refractivity contribution in [1.82, 2.24) is 10.7 Å². The molecule has 0 heterocycles. The fraction of sp³-hybridized carbons (Fsp3) is 0.714. The average molecular weight is 265 g/mol. The summed E-state index contributed by atoms with van der Waals surface area (Å²) in [7, 11) is 0. The van der Waals surface area contributed by atoms with Crippen molar-refractivity contribution in [3.8, 4) is 0 Å². The van der Waals surface area contributed by atoms with Crippen molar-refractivity contribution in [2.75, 3.05) is 0 Å². The molecule has 3 aliphatic carbocycles. The van der Waals surface area contributed by atoms with Gasteiger partial charge in [0.25, 0.3) is 0 Å². The van der Waals surface area contributed by atoms with Crippen molar-refractivity contribution in [1.29, 1.82) is 0 Å². The van der Waals surface area contributed by atoms with Crippen molar-refractivity contribution >= 4 is 23.5 Å². The largest absolute Gasteiger partial charge is 0.359 e. The second-order valence-corrected chi connectivity index (χ2v) is 6.65.